The molecule has 0 spiro atoms. The van der Waals surface area contributed by atoms with Crippen LogP contribution >= 0.6 is 15.9 Å². The summed E-state index contributed by atoms with van der Waals surface area (Å²) < 4.78 is 0.879. The fraction of sp³-hybridized carbons (Fsp3) is 0.400. The van der Waals surface area contributed by atoms with Gasteiger partial charge in [0.25, 0.3) is 4.92 Å². The highest BCUT2D eigenvalue weighted by Crippen LogP contribution is 2.36. The van der Waals surface area contributed by atoms with Gasteiger partial charge in [0.2, 0.25) is 0 Å². The molecule has 1 aliphatic carbocycles. The van der Waals surface area contributed by atoms with Gasteiger partial charge in [-0.1, -0.05) is 6.07 Å². The SMILES string of the molecule is CO[N+](=O)c1cccc(Br)c1NC1CC1. The van der Waals surface area contributed by atoms with E-state index in [0.29, 0.717) is 16.7 Å². The molecule has 1 aromatic carbocycles. The van der Waals surface area contributed by atoms with Gasteiger partial charge in [0, 0.05) is 16.6 Å². The lowest BCUT2D eigenvalue weighted by molar-refractivity contribution is -0.736. The Hall–Kier alpha value is -1.10. The smallest absolute Gasteiger partial charge is 0.340 e. The van der Waals surface area contributed by atoms with Crippen molar-refractivity contribution in [2.75, 3.05) is 12.4 Å². The van der Waals surface area contributed by atoms with Crippen molar-refractivity contribution in [3.8, 4) is 0 Å². The monoisotopic (exact) mass is 271 g/mol. The van der Waals surface area contributed by atoms with Crippen molar-refractivity contribution in [3.05, 3.63) is 27.6 Å². The molecule has 0 aromatic heterocycles. The van der Waals surface area contributed by atoms with E-state index >= 15 is 0 Å². The lowest BCUT2D eigenvalue weighted by atomic mass is 10.2. The maximum atomic E-state index is 11.4. The number of halogens is 1. The molecule has 0 bridgehead atoms. The van der Waals surface area contributed by atoms with Gasteiger partial charge in [-0.25, -0.2) is 4.84 Å². The van der Waals surface area contributed by atoms with Crippen molar-refractivity contribution >= 4 is 27.3 Å². The van der Waals surface area contributed by atoms with Crippen molar-refractivity contribution in [2.45, 2.75) is 18.9 Å². The first-order chi connectivity index (χ1) is 7.22. The average molecular weight is 272 g/mol. The minimum Gasteiger partial charge on any atom is -0.376 e. The molecule has 1 N–H and O–H groups in total. The fourth-order valence-electron chi connectivity index (χ4n) is 1.34. The third kappa shape index (κ3) is 2.28. The number of rotatable bonds is 4. The van der Waals surface area contributed by atoms with Gasteiger partial charge in [-0.15, -0.1) is 0 Å². The summed E-state index contributed by atoms with van der Waals surface area (Å²) in [5, 5.41) is 3.30. The van der Waals surface area contributed by atoms with Gasteiger partial charge in [-0.2, -0.15) is 0 Å². The number of hydrogen-bond acceptors (Lipinski definition) is 3. The Kier molecular flexibility index (Phi) is 2.90. The second-order valence-corrected chi connectivity index (χ2v) is 4.35. The van der Waals surface area contributed by atoms with Crippen LogP contribution in [0.5, 0.6) is 0 Å². The molecule has 0 aliphatic heterocycles. The second-order valence-electron chi connectivity index (χ2n) is 3.49. The maximum Gasteiger partial charge on any atom is 0.340 e. The maximum absolute atomic E-state index is 11.4. The summed E-state index contributed by atoms with van der Waals surface area (Å²) in [4.78, 5) is 16.6. The Bertz CT molecular complexity index is 391. The zero-order valence-electron chi connectivity index (χ0n) is 8.37. The van der Waals surface area contributed by atoms with Gasteiger partial charge in [0.1, 0.15) is 5.69 Å². The Morgan fingerprint density at radius 1 is 1.53 bits per heavy atom. The standard InChI is InChI=1S/C10H12BrN2O2/c1-15-13(14)9-4-2-3-8(11)10(9)12-7-5-6-7/h2-4,7,12H,5-6H2,1H3/q+1. The number of para-hydroxylation sites is 1. The van der Waals surface area contributed by atoms with Crippen LogP contribution in [0.25, 0.3) is 0 Å². The third-order valence-corrected chi connectivity index (χ3v) is 2.94. The van der Waals surface area contributed by atoms with E-state index in [-0.39, 0.29) is 0 Å². The van der Waals surface area contributed by atoms with Crippen molar-refractivity contribution < 1.29 is 9.76 Å². The molecule has 0 atom stereocenters. The fourth-order valence-corrected chi connectivity index (χ4v) is 1.81. The van der Waals surface area contributed by atoms with E-state index < -0.39 is 0 Å². The van der Waals surface area contributed by atoms with Gasteiger partial charge < -0.3 is 5.32 Å². The van der Waals surface area contributed by atoms with Crippen molar-refractivity contribution in [1.29, 1.82) is 0 Å². The lowest BCUT2D eigenvalue weighted by Gasteiger charge is -2.05. The summed E-state index contributed by atoms with van der Waals surface area (Å²) in [7, 11) is 1.36. The molecule has 0 amide bonds. The summed E-state index contributed by atoms with van der Waals surface area (Å²) in [6.07, 6.45) is 2.32. The van der Waals surface area contributed by atoms with Crippen LogP contribution in [0, 0.1) is 4.91 Å². The summed E-state index contributed by atoms with van der Waals surface area (Å²) >= 11 is 3.42. The molecule has 15 heavy (non-hydrogen) atoms. The molecule has 1 aliphatic rings. The van der Waals surface area contributed by atoms with Crippen LogP contribution in [-0.2, 0) is 4.84 Å². The van der Waals surface area contributed by atoms with Crippen molar-refractivity contribution in [1.82, 2.24) is 0 Å². The van der Waals surface area contributed by atoms with Gasteiger partial charge in [0.15, 0.2) is 7.11 Å². The molecule has 5 heteroatoms. The quantitative estimate of drug-likeness (QED) is 0.856. The highest BCUT2D eigenvalue weighted by atomic mass is 79.9. The third-order valence-electron chi connectivity index (χ3n) is 2.28. The van der Waals surface area contributed by atoms with Crippen LogP contribution in [-0.4, -0.2) is 18.1 Å². The predicted molar refractivity (Wildman–Crippen MR) is 61.1 cm³/mol. The van der Waals surface area contributed by atoms with Crippen LogP contribution in [0.2, 0.25) is 0 Å². The number of hydrogen-bond donors (Lipinski definition) is 1. The summed E-state index contributed by atoms with van der Waals surface area (Å²) in [6.45, 7) is 0. The van der Waals surface area contributed by atoms with E-state index in [1.807, 2.05) is 6.07 Å². The molecule has 80 valence electrons. The molecule has 1 aromatic rings. The van der Waals surface area contributed by atoms with E-state index in [1.165, 1.54) is 7.11 Å². The highest BCUT2D eigenvalue weighted by Gasteiger charge is 2.28. The molecule has 2 rings (SSSR count). The molecule has 0 radical (unpaired) electrons. The van der Waals surface area contributed by atoms with Crippen molar-refractivity contribution in [3.63, 3.8) is 0 Å². The highest BCUT2D eigenvalue weighted by molar-refractivity contribution is 9.10. The average Bonchev–Trinajstić information content (AvgIpc) is 3.04. The molecule has 1 saturated carbocycles. The van der Waals surface area contributed by atoms with E-state index in [2.05, 4.69) is 26.1 Å². The predicted octanol–water partition coefficient (Wildman–Crippen LogP) is 3.00. The minimum atomic E-state index is 0.493. The van der Waals surface area contributed by atoms with Gasteiger partial charge in [-0.3, -0.25) is 0 Å². The first-order valence-electron chi connectivity index (χ1n) is 4.79. The van der Waals surface area contributed by atoms with Crippen LogP contribution in [0.1, 0.15) is 12.8 Å². The molecular formula is C10H12BrN2O2+. The Morgan fingerprint density at radius 2 is 2.27 bits per heavy atom. The van der Waals surface area contributed by atoms with Gasteiger partial charge in [-0.05, 0) is 34.8 Å². The number of nitrogens with zero attached hydrogens (tertiary/aromatic N) is 1. The zero-order valence-corrected chi connectivity index (χ0v) is 9.95. The molecule has 0 heterocycles. The van der Waals surface area contributed by atoms with Crippen LogP contribution in [0.3, 0.4) is 0 Å². The number of anilines is 1. The normalized spacial score (nSPS) is 14.8. The Balaban J connectivity index is 2.33. The van der Waals surface area contributed by atoms with Gasteiger partial charge in [0.05, 0.1) is 4.91 Å². The number of benzene rings is 1. The van der Waals surface area contributed by atoms with Crippen LogP contribution in [0.15, 0.2) is 22.7 Å². The topological polar surface area (TPSA) is 41.3 Å². The van der Waals surface area contributed by atoms with Crippen molar-refractivity contribution in [2.24, 2.45) is 0 Å². The Morgan fingerprint density at radius 3 is 2.87 bits per heavy atom. The summed E-state index contributed by atoms with van der Waals surface area (Å²) in [6, 6.07) is 5.93. The van der Waals surface area contributed by atoms with Crippen LogP contribution < -0.4 is 5.32 Å². The minimum absolute atomic E-state index is 0.493. The molecular weight excluding hydrogens is 260 g/mol. The van der Waals surface area contributed by atoms with Crippen LogP contribution in [0.4, 0.5) is 11.4 Å². The molecule has 4 nitrogen and oxygen atoms in total. The first kappa shape index (κ1) is 10.4. The number of nitrogens with one attached hydrogen (secondary N) is 1. The zero-order chi connectivity index (χ0) is 10.8. The van der Waals surface area contributed by atoms with E-state index in [1.54, 1.807) is 12.1 Å². The molecule has 1 fully saturated rings. The van der Waals surface area contributed by atoms with E-state index in [0.717, 1.165) is 23.0 Å². The summed E-state index contributed by atoms with van der Waals surface area (Å²) in [5.41, 5.74) is 1.30. The van der Waals surface area contributed by atoms with E-state index in [9.17, 15) is 4.91 Å². The Labute approximate surface area is 96.3 Å². The molecule has 0 unspecified atom stereocenters. The lowest BCUT2D eigenvalue weighted by Crippen LogP contribution is -2.07. The van der Waals surface area contributed by atoms with E-state index in [4.69, 9.17) is 0 Å². The molecule has 0 saturated heterocycles. The summed E-state index contributed by atoms with van der Waals surface area (Å²) in [5.74, 6) is 0. The first-order valence-corrected chi connectivity index (χ1v) is 5.58. The largest absolute Gasteiger partial charge is 0.376 e. The van der Waals surface area contributed by atoms with Gasteiger partial charge >= 0.3 is 5.69 Å². The second kappa shape index (κ2) is 4.18.